The van der Waals surface area contributed by atoms with Crippen molar-refractivity contribution in [3.63, 3.8) is 0 Å². The maximum Gasteiger partial charge on any atom is 0.243 e. The van der Waals surface area contributed by atoms with Crippen molar-refractivity contribution in [1.29, 1.82) is 0 Å². The van der Waals surface area contributed by atoms with Crippen LogP contribution in [-0.4, -0.2) is 43.8 Å². The highest BCUT2D eigenvalue weighted by atomic mass is 32.2. The van der Waals surface area contributed by atoms with Gasteiger partial charge >= 0.3 is 0 Å². The van der Waals surface area contributed by atoms with E-state index in [0.717, 1.165) is 23.9 Å². The SMILES string of the molecule is CC(c1ccccc1)N1CCN(S(=O)(=O)c2cccc3ccccc23)CC1. The molecule has 5 heteroatoms. The minimum absolute atomic E-state index is 0.286. The first-order valence-electron chi connectivity index (χ1n) is 9.34. The van der Waals surface area contributed by atoms with Crippen LogP contribution in [0.1, 0.15) is 18.5 Å². The minimum atomic E-state index is -3.50. The Morgan fingerprint density at radius 2 is 1.41 bits per heavy atom. The third-order valence-electron chi connectivity index (χ3n) is 5.47. The van der Waals surface area contributed by atoms with Crippen LogP contribution in [0.15, 0.2) is 77.7 Å². The summed E-state index contributed by atoms with van der Waals surface area (Å²) in [4.78, 5) is 2.76. The number of hydrogen-bond donors (Lipinski definition) is 0. The zero-order chi connectivity index (χ0) is 18.9. The first-order valence-corrected chi connectivity index (χ1v) is 10.8. The molecule has 1 heterocycles. The Bertz CT molecular complexity index is 1020. The Morgan fingerprint density at radius 1 is 0.778 bits per heavy atom. The molecule has 140 valence electrons. The molecule has 0 aromatic heterocycles. The predicted molar refractivity (Wildman–Crippen MR) is 109 cm³/mol. The van der Waals surface area contributed by atoms with E-state index in [1.54, 1.807) is 10.4 Å². The zero-order valence-electron chi connectivity index (χ0n) is 15.5. The number of nitrogens with zero attached hydrogens (tertiary/aromatic N) is 2. The lowest BCUT2D eigenvalue weighted by atomic mass is 10.1. The second kappa shape index (κ2) is 7.43. The van der Waals surface area contributed by atoms with Crippen molar-refractivity contribution in [2.24, 2.45) is 0 Å². The molecule has 0 amide bonds. The number of piperazine rings is 1. The molecule has 0 radical (unpaired) electrons. The molecule has 3 aromatic carbocycles. The molecule has 0 spiro atoms. The van der Waals surface area contributed by atoms with Crippen molar-refractivity contribution in [3.05, 3.63) is 78.4 Å². The van der Waals surface area contributed by atoms with Gasteiger partial charge in [0.2, 0.25) is 10.0 Å². The van der Waals surface area contributed by atoms with E-state index in [1.807, 2.05) is 54.6 Å². The fourth-order valence-electron chi connectivity index (χ4n) is 3.83. The largest absolute Gasteiger partial charge is 0.294 e. The van der Waals surface area contributed by atoms with Gasteiger partial charge in [-0.2, -0.15) is 4.31 Å². The fraction of sp³-hybridized carbons (Fsp3) is 0.273. The van der Waals surface area contributed by atoms with Gasteiger partial charge in [-0.1, -0.05) is 66.7 Å². The Kier molecular flexibility index (Phi) is 5.00. The van der Waals surface area contributed by atoms with E-state index in [4.69, 9.17) is 0 Å². The Labute approximate surface area is 161 Å². The first-order chi connectivity index (χ1) is 13.1. The first kappa shape index (κ1) is 18.2. The van der Waals surface area contributed by atoms with Crippen LogP contribution in [0.4, 0.5) is 0 Å². The van der Waals surface area contributed by atoms with Gasteiger partial charge in [-0.25, -0.2) is 8.42 Å². The highest BCUT2D eigenvalue weighted by molar-refractivity contribution is 7.89. The molecule has 1 fully saturated rings. The van der Waals surface area contributed by atoms with E-state index in [0.29, 0.717) is 18.0 Å². The lowest BCUT2D eigenvalue weighted by Gasteiger charge is -2.37. The summed E-state index contributed by atoms with van der Waals surface area (Å²) in [5, 5.41) is 1.75. The third-order valence-corrected chi connectivity index (χ3v) is 7.43. The predicted octanol–water partition coefficient (Wildman–Crippen LogP) is 3.91. The molecule has 0 N–H and O–H groups in total. The van der Waals surface area contributed by atoms with E-state index in [9.17, 15) is 8.42 Å². The van der Waals surface area contributed by atoms with E-state index in [-0.39, 0.29) is 6.04 Å². The third kappa shape index (κ3) is 3.50. The van der Waals surface area contributed by atoms with Gasteiger partial charge in [0.1, 0.15) is 0 Å². The molecule has 0 saturated carbocycles. The molecule has 1 saturated heterocycles. The number of fused-ring (bicyclic) bond motifs is 1. The highest BCUT2D eigenvalue weighted by Gasteiger charge is 2.31. The second-order valence-corrected chi connectivity index (χ2v) is 8.91. The molecular formula is C22H24N2O2S. The van der Waals surface area contributed by atoms with Crippen LogP contribution in [0, 0.1) is 0 Å². The van der Waals surface area contributed by atoms with Crippen LogP contribution in [0.2, 0.25) is 0 Å². The van der Waals surface area contributed by atoms with Gasteiger partial charge < -0.3 is 0 Å². The van der Waals surface area contributed by atoms with Crippen molar-refractivity contribution in [1.82, 2.24) is 9.21 Å². The van der Waals surface area contributed by atoms with Gasteiger partial charge in [-0.05, 0) is 23.9 Å². The number of benzene rings is 3. The van der Waals surface area contributed by atoms with Crippen LogP contribution in [0.3, 0.4) is 0 Å². The molecule has 0 bridgehead atoms. The quantitative estimate of drug-likeness (QED) is 0.689. The van der Waals surface area contributed by atoms with E-state index >= 15 is 0 Å². The van der Waals surface area contributed by atoms with Gasteiger partial charge in [-0.3, -0.25) is 4.90 Å². The molecule has 1 unspecified atom stereocenters. The van der Waals surface area contributed by atoms with Gasteiger partial charge in [-0.15, -0.1) is 0 Å². The summed E-state index contributed by atoms with van der Waals surface area (Å²) in [5.74, 6) is 0. The van der Waals surface area contributed by atoms with E-state index in [1.165, 1.54) is 5.56 Å². The second-order valence-electron chi connectivity index (χ2n) is 7.00. The molecule has 4 rings (SSSR count). The molecule has 0 aliphatic carbocycles. The van der Waals surface area contributed by atoms with Crippen LogP contribution < -0.4 is 0 Å². The summed E-state index contributed by atoms with van der Waals surface area (Å²) in [6.07, 6.45) is 0. The maximum atomic E-state index is 13.3. The highest BCUT2D eigenvalue weighted by Crippen LogP contribution is 2.28. The summed E-state index contributed by atoms with van der Waals surface area (Å²) >= 11 is 0. The number of rotatable bonds is 4. The molecule has 3 aromatic rings. The lowest BCUT2D eigenvalue weighted by molar-refractivity contribution is 0.146. The Balaban J connectivity index is 1.53. The van der Waals surface area contributed by atoms with Crippen molar-refractivity contribution < 1.29 is 8.42 Å². The van der Waals surface area contributed by atoms with E-state index < -0.39 is 10.0 Å². The van der Waals surface area contributed by atoms with Gasteiger partial charge in [0.25, 0.3) is 0 Å². The maximum absolute atomic E-state index is 13.3. The molecular weight excluding hydrogens is 356 g/mol. The topological polar surface area (TPSA) is 40.6 Å². The monoisotopic (exact) mass is 380 g/mol. The van der Waals surface area contributed by atoms with Gasteiger partial charge in [0.15, 0.2) is 0 Å². The summed E-state index contributed by atoms with van der Waals surface area (Å²) in [5.41, 5.74) is 1.27. The average molecular weight is 381 g/mol. The Hall–Kier alpha value is -2.21. The van der Waals surface area contributed by atoms with Crippen LogP contribution in [-0.2, 0) is 10.0 Å². The summed E-state index contributed by atoms with van der Waals surface area (Å²) in [6, 6.07) is 23.8. The molecule has 1 atom stereocenters. The zero-order valence-corrected chi connectivity index (χ0v) is 16.3. The van der Waals surface area contributed by atoms with Gasteiger partial charge in [0.05, 0.1) is 4.90 Å². The summed E-state index contributed by atoms with van der Waals surface area (Å²) < 4.78 is 28.1. The summed E-state index contributed by atoms with van der Waals surface area (Å²) in [6.45, 7) is 4.69. The van der Waals surface area contributed by atoms with Crippen molar-refractivity contribution >= 4 is 20.8 Å². The minimum Gasteiger partial charge on any atom is -0.294 e. The van der Waals surface area contributed by atoms with Crippen molar-refractivity contribution in [3.8, 4) is 0 Å². The normalized spacial score (nSPS) is 17.8. The van der Waals surface area contributed by atoms with Crippen molar-refractivity contribution in [2.75, 3.05) is 26.2 Å². The van der Waals surface area contributed by atoms with E-state index in [2.05, 4.69) is 24.0 Å². The Morgan fingerprint density at radius 3 is 2.15 bits per heavy atom. The molecule has 27 heavy (non-hydrogen) atoms. The number of sulfonamides is 1. The van der Waals surface area contributed by atoms with Crippen LogP contribution in [0.25, 0.3) is 10.8 Å². The lowest BCUT2D eigenvalue weighted by Crippen LogP contribution is -2.49. The molecule has 1 aliphatic rings. The molecule has 4 nitrogen and oxygen atoms in total. The number of hydrogen-bond acceptors (Lipinski definition) is 3. The smallest absolute Gasteiger partial charge is 0.243 e. The van der Waals surface area contributed by atoms with Crippen molar-refractivity contribution in [2.45, 2.75) is 17.9 Å². The standard InChI is InChI=1S/C22H24N2O2S/c1-18(19-8-3-2-4-9-19)23-14-16-24(17-15-23)27(25,26)22-13-7-11-20-10-5-6-12-21(20)22/h2-13,18H,14-17H2,1H3. The summed E-state index contributed by atoms with van der Waals surface area (Å²) in [7, 11) is -3.50. The fourth-order valence-corrected chi connectivity index (χ4v) is 5.47. The average Bonchev–Trinajstić information content (AvgIpc) is 2.73. The van der Waals surface area contributed by atoms with Crippen LogP contribution >= 0.6 is 0 Å². The van der Waals surface area contributed by atoms with Crippen LogP contribution in [0.5, 0.6) is 0 Å². The van der Waals surface area contributed by atoms with Gasteiger partial charge in [0, 0.05) is 37.6 Å². The molecule has 1 aliphatic heterocycles.